The van der Waals surface area contributed by atoms with E-state index >= 15 is 0 Å². The zero-order valence-electron chi connectivity index (χ0n) is 11.4. The monoisotopic (exact) mass is 265 g/mol. The Morgan fingerprint density at radius 2 is 1.78 bits per heavy atom. The first-order valence-corrected chi connectivity index (χ1v) is 8.93. The Bertz CT molecular complexity index is 700. The van der Waals surface area contributed by atoms with Gasteiger partial charge in [-0.3, -0.25) is 9.78 Å². The summed E-state index contributed by atoms with van der Waals surface area (Å²) in [5, 5.41) is 0.113. The van der Waals surface area contributed by atoms with Gasteiger partial charge in [-0.15, -0.1) is 0 Å². The number of hydrogen-bond acceptors (Lipinski definition) is 2. The second kappa shape index (κ2) is 3.71. The summed E-state index contributed by atoms with van der Waals surface area (Å²) >= 11 is 0. The summed E-state index contributed by atoms with van der Waals surface area (Å²) in [5.74, 6) is 0. The fourth-order valence-electron chi connectivity index (χ4n) is 1.91. The average Bonchev–Trinajstić information content (AvgIpc) is 2.59. The predicted octanol–water partition coefficient (Wildman–Crippen LogP) is 1.87. The van der Waals surface area contributed by atoms with Crippen LogP contribution < -0.4 is 11.2 Å². The van der Waals surface area contributed by atoms with Crippen molar-refractivity contribution in [2.45, 2.75) is 38.9 Å². The van der Waals surface area contributed by atoms with Gasteiger partial charge in [0.1, 0.15) is 5.52 Å². The lowest BCUT2D eigenvalue weighted by atomic mass is 10.2. The van der Waals surface area contributed by atoms with Crippen molar-refractivity contribution >= 4 is 19.3 Å². The molecule has 6 heteroatoms. The van der Waals surface area contributed by atoms with Gasteiger partial charge in [0.15, 0.2) is 8.24 Å². The molecular formula is C12H19N3O2Si. The van der Waals surface area contributed by atoms with Crippen molar-refractivity contribution in [2.75, 3.05) is 0 Å². The molecule has 0 saturated heterocycles. The first-order chi connectivity index (χ1) is 8.14. The second-order valence-electron chi connectivity index (χ2n) is 6.17. The zero-order valence-corrected chi connectivity index (χ0v) is 12.4. The number of aromatic nitrogens is 3. The summed E-state index contributed by atoms with van der Waals surface area (Å²) < 4.78 is 2.07. The van der Waals surface area contributed by atoms with Gasteiger partial charge in [0.05, 0.1) is 5.52 Å². The highest BCUT2D eigenvalue weighted by Gasteiger charge is 2.38. The van der Waals surface area contributed by atoms with Crippen molar-refractivity contribution in [3.8, 4) is 0 Å². The first kappa shape index (κ1) is 12.9. The van der Waals surface area contributed by atoms with Crippen molar-refractivity contribution in [1.29, 1.82) is 0 Å². The molecule has 2 rings (SSSR count). The van der Waals surface area contributed by atoms with Gasteiger partial charge in [-0.2, -0.15) is 0 Å². The number of nitrogens with one attached hydrogen (secondary N) is 2. The van der Waals surface area contributed by atoms with Crippen LogP contribution in [0.3, 0.4) is 0 Å². The maximum atomic E-state index is 12.0. The fraction of sp³-hybridized carbons (Fsp3) is 0.500. The molecule has 0 amide bonds. The molecule has 0 bridgehead atoms. The third-order valence-electron chi connectivity index (χ3n) is 4.01. The number of hydrogen-bond donors (Lipinski definition) is 2. The van der Waals surface area contributed by atoms with Crippen LogP contribution >= 0.6 is 0 Å². The molecule has 5 nitrogen and oxygen atoms in total. The summed E-state index contributed by atoms with van der Waals surface area (Å²) in [4.78, 5) is 28.2. The topological polar surface area (TPSA) is 70.7 Å². The molecule has 0 atom stereocenters. The molecule has 98 valence electrons. The van der Waals surface area contributed by atoms with Crippen molar-refractivity contribution in [2.24, 2.45) is 0 Å². The largest absolute Gasteiger partial charge is 0.368 e. The molecular weight excluding hydrogens is 246 g/mol. The summed E-state index contributed by atoms with van der Waals surface area (Å²) in [5.41, 5.74) is 0.402. The van der Waals surface area contributed by atoms with Gasteiger partial charge in [0.2, 0.25) is 0 Å². The van der Waals surface area contributed by atoms with E-state index in [1.807, 2.05) is 6.20 Å². The van der Waals surface area contributed by atoms with Gasteiger partial charge < -0.3 is 9.22 Å². The highest BCUT2D eigenvalue weighted by molar-refractivity contribution is 6.79. The van der Waals surface area contributed by atoms with Crippen LogP contribution in [0.25, 0.3) is 11.0 Å². The standard InChI is InChI=1S/C12H19N3O2Si/c1-12(2,3)18(4,5)15-7-6-8-9(15)10(16)14-11(17)13-8/h6-7H,1-5H3,(H2,13,14,16,17). The van der Waals surface area contributed by atoms with Crippen molar-refractivity contribution < 1.29 is 0 Å². The van der Waals surface area contributed by atoms with Crippen LogP contribution in [0.2, 0.25) is 18.1 Å². The minimum Gasteiger partial charge on any atom is -0.368 e. The minimum atomic E-state index is -1.87. The molecule has 0 unspecified atom stereocenters. The molecule has 0 fully saturated rings. The maximum Gasteiger partial charge on any atom is 0.326 e. The van der Waals surface area contributed by atoms with E-state index in [1.54, 1.807) is 6.07 Å². The third kappa shape index (κ3) is 1.76. The van der Waals surface area contributed by atoms with Crippen LogP contribution in [0.4, 0.5) is 0 Å². The van der Waals surface area contributed by atoms with E-state index < -0.39 is 13.9 Å². The molecule has 2 heterocycles. The number of aromatic amines is 2. The molecule has 0 saturated carbocycles. The Kier molecular flexibility index (Phi) is 2.66. The van der Waals surface area contributed by atoms with Crippen LogP contribution in [0.5, 0.6) is 0 Å². The molecule has 2 aromatic rings. The molecule has 0 aromatic carbocycles. The van der Waals surface area contributed by atoms with Gasteiger partial charge >= 0.3 is 5.69 Å². The Hall–Kier alpha value is -1.56. The Labute approximate surface area is 106 Å². The number of H-pyrrole nitrogens is 2. The number of fused-ring (bicyclic) bond motifs is 1. The Morgan fingerprint density at radius 3 is 2.33 bits per heavy atom. The van der Waals surface area contributed by atoms with E-state index in [0.717, 1.165) is 0 Å². The van der Waals surface area contributed by atoms with E-state index in [1.165, 1.54) is 0 Å². The highest BCUT2D eigenvalue weighted by atomic mass is 28.3. The summed E-state index contributed by atoms with van der Waals surface area (Å²) in [6, 6.07) is 1.80. The van der Waals surface area contributed by atoms with Gasteiger partial charge in [-0.25, -0.2) is 4.79 Å². The zero-order chi connectivity index (χ0) is 13.7. The van der Waals surface area contributed by atoms with Crippen molar-refractivity contribution in [3.63, 3.8) is 0 Å². The van der Waals surface area contributed by atoms with Crippen LogP contribution in [-0.2, 0) is 0 Å². The first-order valence-electron chi connectivity index (χ1n) is 5.99. The highest BCUT2D eigenvalue weighted by Crippen LogP contribution is 2.37. The van der Waals surface area contributed by atoms with E-state index in [0.29, 0.717) is 11.0 Å². The third-order valence-corrected chi connectivity index (χ3v) is 9.26. The maximum absolute atomic E-state index is 12.0. The fourth-order valence-corrected chi connectivity index (χ4v) is 3.86. The molecule has 0 radical (unpaired) electrons. The summed E-state index contributed by atoms with van der Waals surface area (Å²) in [6.45, 7) is 11.0. The van der Waals surface area contributed by atoms with Gasteiger partial charge in [-0.1, -0.05) is 33.9 Å². The number of nitrogens with zero attached hydrogens (tertiary/aromatic N) is 1. The molecule has 18 heavy (non-hydrogen) atoms. The van der Waals surface area contributed by atoms with Gasteiger partial charge in [0.25, 0.3) is 5.56 Å². The quantitative estimate of drug-likeness (QED) is 0.773. The lowest BCUT2D eigenvalue weighted by molar-refractivity contribution is 0.702. The molecule has 2 N–H and O–H groups in total. The average molecular weight is 265 g/mol. The van der Waals surface area contributed by atoms with Crippen LogP contribution in [0.15, 0.2) is 21.9 Å². The molecule has 0 aliphatic rings. The smallest absolute Gasteiger partial charge is 0.326 e. The van der Waals surface area contributed by atoms with Crippen LogP contribution in [-0.4, -0.2) is 22.4 Å². The van der Waals surface area contributed by atoms with E-state index in [-0.39, 0.29) is 10.6 Å². The second-order valence-corrected chi connectivity index (χ2v) is 11.3. The van der Waals surface area contributed by atoms with Crippen molar-refractivity contribution in [1.82, 2.24) is 14.2 Å². The van der Waals surface area contributed by atoms with Gasteiger partial charge in [0, 0.05) is 0 Å². The minimum absolute atomic E-state index is 0.113. The lowest BCUT2D eigenvalue weighted by Gasteiger charge is -2.38. The Balaban J connectivity index is 2.83. The Morgan fingerprint density at radius 1 is 1.17 bits per heavy atom. The SMILES string of the molecule is CC(C)(C)[Si](C)(C)n1ccc2[nH]c(=O)[nH]c(=O)c21. The molecule has 0 aliphatic carbocycles. The van der Waals surface area contributed by atoms with Crippen LogP contribution in [0, 0.1) is 0 Å². The molecule has 0 spiro atoms. The van der Waals surface area contributed by atoms with Crippen LogP contribution in [0.1, 0.15) is 20.8 Å². The normalized spacial score (nSPS) is 13.2. The predicted molar refractivity (Wildman–Crippen MR) is 75.8 cm³/mol. The van der Waals surface area contributed by atoms with Gasteiger partial charge in [-0.05, 0) is 17.3 Å². The lowest BCUT2D eigenvalue weighted by Crippen LogP contribution is -2.46. The molecule has 0 aliphatic heterocycles. The summed E-state index contributed by atoms with van der Waals surface area (Å²) in [6.07, 6.45) is 1.91. The number of rotatable bonds is 1. The van der Waals surface area contributed by atoms with E-state index in [9.17, 15) is 9.59 Å². The molecule has 2 aromatic heterocycles. The van der Waals surface area contributed by atoms with E-state index in [2.05, 4.69) is 48.1 Å². The van der Waals surface area contributed by atoms with Crippen molar-refractivity contribution in [3.05, 3.63) is 33.1 Å². The van der Waals surface area contributed by atoms with E-state index in [4.69, 9.17) is 0 Å². The summed E-state index contributed by atoms with van der Waals surface area (Å²) in [7, 11) is -1.87.